The number of H-pyrrole nitrogens is 2. The highest BCUT2D eigenvalue weighted by Crippen LogP contribution is 2.27. The molecule has 3 N–H and O–H groups in total. The zero-order valence-corrected chi connectivity index (χ0v) is 15.7. The number of carbonyl (C=O) groups is 1. The summed E-state index contributed by atoms with van der Waals surface area (Å²) in [6.07, 6.45) is 1.59. The number of fused-ring (bicyclic) bond motifs is 1. The summed E-state index contributed by atoms with van der Waals surface area (Å²) in [5.74, 6) is 0.197. The lowest BCUT2D eigenvalue weighted by Crippen LogP contribution is -2.24. The quantitative estimate of drug-likeness (QED) is 0.643. The molecule has 0 aliphatic carbocycles. The first-order chi connectivity index (χ1) is 13.4. The number of aromatic amines is 2. The highest BCUT2D eigenvalue weighted by molar-refractivity contribution is 6.06. The van der Waals surface area contributed by atoms with Crippen LogP contribution in [0.3, 0.4) is 0 Å². The second-order valence-electron chi connectivity index (χ2n) is 7.13. The molecule has 146 valence electrons. The summed E-state index contributed by atoms with van der Waals surface area (Å²) in [6.45, 7) is 4.82. The predicted octanol–water partition coefficient (Wildman–Crippen LogP) is 2.57. The van der Waals surface area contributed by atoms with Crippen molar-refractivity contribution in [2.24, 2.45) is 0 Å². The standard InChI is InChI=1S/C20H21N3O5/c1-10-7-14-15(23-20(26)22-14)9-13(10)21-18(24)17-11(2)8-16(28-19(17)25)12-3-5-27-6-4-12/h7-9,12H,3-6H2,1-2H3,(H,21,24)(H2,22,23,26). The van der Waals surface area contributed by atoms with Crippen LogP contribution in [0, 0.1) is 13.8 Å². The summed E-state index contributed by atoms with van der Waals surface area (Å²) < 4.78 is 10.8. The first kappa shape index (κ1) is 18.2. The summed E-state index contributed by atoms with van der Waals surface area (Å²) in [6, 6.07) is 5.19. The number of nitrogens with one attached hydrogen (secondary N) is 3. The minimum absolute atomic E-state index is 0.0159. The molecule has 1 aliphatic rings. The van der Waals surface area contributed by atoms with Gasteiger partial charge in [0.25, 0.3) is 5.91 Å². The summed E-state index contributed by atoms with van der Waals surface area (Å²) in [5, 5.41) is 2.75. The Hall–Kier alpha value is -3.13. The van der Waals surface area contributed by atoms with Crippen LogP contribution >= 0.6 is 0 Å². The number of rotatable bonds is 3. The van der Waals surface area contributed by atoms with Crippen molar-refractivity contribution in [3.05, 3.63) is 61.6 Å². The van der Waals surface area contributed by atoms with Gasteiger partial charge in [0.1, 0.15) is 11.3 Å². The number of benzene rings is 1. The van der Waals surface area contributed by atoms with Gasteiger partial charge in [-0.15, -0.1) is 0 Å². The molecule has 0 atom stereocenters. The SMILES string of the molecule is Cc1cc2[nH]c(=O)[nH]c2cc1NC(=O)c1c(C)cc(C2CCOCC2)oc1=O. The maximum absolute atomic E-state index is 12.8. The van der Waals surface area contributed by atoms with Crippen molar-refractivity contribution in [3.63, 3.8) is 0 Å². The first-order valence-corrected chi connectivity index (χ1v) is 9.19. The highest BCUT2D eigenvalue weighted by atomic mass is 16.5. The van der Waals surface area contributed by atoms with Crippen LogP contribution in [0.1, 0.15) is 46.0 Å². The number of carbonyl (C=O) groups excluding carboxylic acids is 1. The van der Waals surface area contributed by atoms with Gasteiger partial charge in [0.05, 0.1) is 11.0 Å². The van der Waals surface area contributed by atoms with Crippen LogP contribution in [0.5, 0.6) is 0 Å². The maximum atomic E-state index is 12.8. The minimum Gasteiger partial charge on any atom is -0.427 e. The molecule has 0 radical (unpaired) electrons. The number of hydrogen-bond acceptors (Lipinski definition) is 5. The zero-order valence-electron chi connectivity index (χ0n) is 15.7. The normalized spacial score (nSPS) is 15.1. The van der Waals surface area contributed by atoms with Gasteiger partial charge in [-0.25, -0.2) is 9.59 Å². The molecule has 0 bridgehead atoms. The fourth-order valence-corrected chi connectivity index (χ4v) is 3.60. The van der Waals surface area contributed by atoms with E-state index in [0.717, 1.165) is 18.4 Å². The monoisotopic (exact) mass is 383 g/mol. The molecule has 4 rings (SSSR count). The number of imidazole rings is 1. The fraction of sp³-hybridized carbons (Fsp3) is 0.350. The van der Waals surface area contributed by atoms with Crippen LogP contribution in [0.4, 0.5) is 5.69 Å². The van der Waals surface area contributed by atoms with Crippen molar-refractivity contribution in [2.45, 2.75) is 32.6 Å². The fourth-order valence-electron chi connectivity index (χ4n) is 3.60. The third kappa shape index (κ3) is 3.38. The van der Waals surface area contributed by atoms with Gasteiger partial charge in [-0.1, -0.05) is 0 Å². The van der Waals surface area contributed by atoms with Crippen LogP contribution < -0.4 is 16.6 Å². The molecular formula is C20H21N3O5. The second-order valence-corrected chi connectivity index (χ2v) is 7.13. The van der Waals surface area contributed by atoms with E-state index < -0.39 is 11.5 Å². The first-order valence-electron chi connectivity index (χ1n) is 9.19. The van der Waals surface area contributed by atoms with E-state index in [1.807, 2.05) is 6.92 Å². The van der Waals surface area contributed by atoms with Crippen molar-refractivity contribution in [1.29, 1.82) is 0 Å². The smallest absolute Gasteiger partial charge is 0.349 e. The average Bonchev–Trinajstić information content (AvgIpc) is 3.01. The molecule has 0 unspecified atom stereocenters. The van der Waals surface area contributed by atoms with Crippen LogP contribution in [0.25, 0.3) is 11.0 Å². The molecular weight excluding hydrogens is 362 g/mol. The largest absolute Gasteiger partial charge is 0.427 e. The van der Waals surface area contributed by atoms with Gasteiger partial charge in [0.15, 0.2) is 0 Å². The lowest BCUT2D eigenvalue weighted by Gasteiger charge is -2.21. The van der Waals surface area contributed by atoms with E-state index >= 15 is 0 Å². The molecule has 1 amide bonds. The van der Waals surface area contributed by atoms with Crippen molar-refractivity contribution in [3.8, 4) is 0 Å². The molecule has 8 heteroatoms. The third-order valence-electron chi connectivity index (χ3n) is 5.13. The van der Waals surface area contributed by atoms with E-state index in [1.165, 1.54) is 0 Å². The van der Waals surface area contributed by atoms with Gasteiger partial charge in [-0.2, -0.15) is 0 Å². The number of aryl methyl sites for hydroxylation is 2. The van der Waals surface area contributed by atoms with Crippen molar-refractivity contribution < 1.29 is 13.9 Å². The molecule has 1 fully saturated rings. The molecule has 0 spiro atoms. The predicted molar refractivity (Wildman–Crippen MR) is 104 cm³/mol. The van der Waals surface area contributed by atoms with Crippen molar-refractivity contribution >= 4 is 22.6 Å². The Morgan fingerprint density at radius 2 is 1.71 bits per heavy atom. The Labute approximate surface area is 159 Å². The van der Waals surface area contributed by atoms with Crippen LogP contribution in [-0.2, 0) is 4.74 Å². The van der Waals surface area contributed by atoms with Gasteiger partial charge in [-0.05, 0) is 56.0 Å². The summed E-state index contributed by atoms with van der Waals surface area (Å²) >= 11 is 0. The van der Waals surface area contributed by atoms with Crippen LogP contribution in [0.2, 0.25) is 0 Å². The summed E-state index contributed by atoms with van der Waals surface area (Å²) in [5.41, 5.74) is 2.09. The topological polar surface area (TPSA) is 117 Å². The van der Waals surface area contributed by atoms with E-state index in [4.69, 9.17) is 9.15 Å². The Morgan fingerprint density at radius 3 is 2.39 bits per heavy atom. The third-order valence-corrected chi connectivity index (χ3v) is 5.13. The Morgan fingerprint density at radius 1 is 1.04 bits per heavy atom. The highest BCUT2D eigenvalue weighted by Gasteiger charge is 2.23. The number of anilines is 1. The Kier molecular flexibility index (Phi) is 4.64. The minimum atomic E-state index is -0.646. The van der Waals surface area contributed by atoms with E-state index in [9.17, 15) is 14.4 Å². The molecule has 1 aromatic carbocycles. The molecule has 1 aliphatic heterocycles. The van der Waals surface area contributed by atoms with E-state index in [-0.39, 0.29) is 17.2 Å². The molecule has 28 heavy (non-hydrogen) atoms. The molecule has 8 nitrogen and oxygen atoms in total. The van der Waals surface area contributed by atoms with Gasteiger partial charge in [0, 0.05) is 24.8 Å². The zero-order chi connectivity index (χ0) is 19.8. The number of amides is 1. The molecule has 3 heterocycles. The van der Waals surface area contributed by atoms with Gasteiger partial charge < -0.3 is 24.4 Å². The van der Waals surface area contributed by atoms with Gasteiger partial charge >= 0.3 is 11.3 Å². The lowest BCUT2D eigenvalue weighted by molar-refractivity contribution is 0.0796. The maximum Gasteiger partial charge on any atom is 0.349 e. The van der Waals surface area contributed by atoms with Gasteiger partial charge in [-0.3, -0.25) is 4.79 Å². The van der Waals surface area contributed by atoms with Gasteiger partial charge in [0.2, 0.25) is 0 Å². The van der Waals surface area contributed by atoms with Crippen LogP contribution in [0.15, 0.2) is 32.2 Å². The molecule has 0 saturated carbocycles. The molecule has 2 aromatic heterocycles. The Balaban J connectivity index is 1.64. The van der Waals surface area contributed by atoms with E-state index in [0.29, 0.717) is 41.3 Å². The number of aromatic nitrogens is 2. The van der Waals surface area contributed by atoms with E-state index in [2.05, 4.69) is 15.3 Å². The second kappa shape index (κ2) is 7.12. The van der Waals surface area contributed by atoms with Crippen LogP contribution in [-0.4, -0.2) is 29.1 Å². The molecule has 3 aromatic rings. The molecule has 1 saturated heterocycles. The summed E-state index contributed by atoms with van der Waals surface area (Å²) in [4.78, 5) is 42.1. The Bertz CT molecular complexity index is 1160. The average molecular weight is 383 g/mol. The van der Waals surface area contributed by atoms with Crippen molar-refractivity contribution in [2.75, 3.05) is 18.5 Å². The van der Waals surface area contributed by atoms with Crippen molar-refractivity contribution in [1.82, 2.24) is 9.97 Å². The lowest BCUT2D eigenvalue weighted by atomic mass is 9.95. The number of hydrogen-bond donors (Lipinski definition) is 3. The summed E-state index contributed by atoms with van der Waals surface area (Å²) in [7, 11) is 0. The number of ether oxygens (including phenoxy) is 1. The van der Waals surface area contributed by atoms with E-state index in [1.54, 1.807) is 25.1 Å².